The number of hydrogen-bond acceptors (Lipinski definition) is 5. The molecule has 16 heavy (non-hydrogen) atoms. The molecule has 0 aromatic carbocycles. The van der Waals surface area contributed by atoms with Crippen molar-refractivity contribution in [3.8, 4) is 0 Å². The van der Waals surface area contributed by atoms with E-state index in [2.05, 4.69) is 10.0 Å². The van der Waals surface area contributed by atoms with Gasteiger partial charge >= 0.3 is 5.97 Å². The van der Waals surface area contributed by atoms with Crippen molar-refractivity contribution >= 4 is 28.9 Å². The fourth-order valence-corrected chi connectivity index (χ4v) is 2.14. The van der Waals surface area contributed by atoms with Crippen LogP contribution in [0.4, 0.5) is 0 Å². The zero-order valence-electron chi connectivity index (χ0n) is 8.86. The first-order valence-electron chi connectivity index (χ1n) is 5.03. The summed E-state index contributed by atoms with van der Waals surface area (Å²) in [6.45, 7) is 1.72. The van der Waals surface area contributed by atoms with E-state index in [1.54, 1.807) is 6.92 Å². The first-order valence-corrected chi connectivity index (χ1v) is 5.84. The number of carbonyl (C=O) groups excluding carboxylic acids is 2. The maximum absolute atomic E-state index is 11.5. The molecule has 7 heteroatoms. The van der Waals surface area contributed by atoms with Crippen molar-refractivity contribution in [2.45, 2.75) is 38.3 Å². The Hall–Kier alpha value is -1.08. The Balaban J connectivity index is 2.34. The lowest BCUT2D eigenvalue weighted by Gasteiger charge is -2.12. The predicted molar refractivity (Wildman–Crippen MR) is 58.6 cm³/mol. The molecule has 1 saturated heterocycles. The zero-order valence-corrected chi connectivity index (χ0v) is 9.67. The van der Waals surface area contributed by atoms with Crippen LogP contribution >= 0.6 is 11.9 Å². The molecule has 0 unspecified atom stereocenters. The van der Waals surface area contributed by atoms with Crippen molar-refractivity contribution in [1.82, 2.24) is 10.0 Å². The normalized spacial score (nSPS) is 21.6. The molecule has 90 valence electrons. The van der Waals surface area contributed by atoms with Crippen LogP contribution in [-0.2, 0) is 14.4 Å². The highest BCUT2D eigenvalue weighted by molar-refractivity contribution is 8.12. The molecule has 0 bridgehead atoms. The minimum Gasteiger partial charge on any atom is -0.480 e. The molecule has 0 aromatic rings. The van der Waals surface area contributed by atoms with Crippen molar-refractivity contribution < 1.29 is 19.5 Å². The molecule has 0 radical (unpaired) electrons. The second-order valence-electron chi connectivity index (χ2n) is 3.50. The molecule has 1 aliphatic rings. The lowest BCUT2D eigenvalue weighted by Crippen LogP contribution is -2.37. The number of aliphatic carboxylic acids is 1. The molecule has 0 aromatic heterocycles. The summed E-state index contributed by atoms with van der Waals surface area (Å²) in [5.41, 5.74) is 0. The predicted octanol–water partition coefficient (Wildman–Crippen LogP) is -0.107. The van der Waals surface area contributed by atoms with Gasteiger partial charge in [-0.3, -0.25) is 14.4 Å². The van der Waals surface area contributed by atoms with Gasteiger partial charge < -0.3 is 10.4 Å². The third-order valence-corrected chi connectivity index (χ3v) is 3.18. The Labute approximate surface area is 97.3 Å². The fraction of sp³-hybridized carbons (Fsp3) is 0.667. The minimum absolute atomic E-state index is 0.135. The molecule has 0 saturated carbocycles. The number of carboxylic acid groups (broad SMARTS) is 1. The van der Waals surface area contributed by atoms with Crippen LogP contribution in [0.2, 0.25) is 0 Å². The van der Waals surface area contributed by atoms with Gasteiger partial charge in [-0.15, -0.1) is 0 Å². The number of carbonyl (C=O) groups is 3. The largest absolute Gasteiger partial charge is 0.480 e. The number of nitrogens with one attached hydrogen (secondary N) is 2. The lowest BCUT2D eigenvalue weighted by molar-refractivity contribution is -0.138. The molecule has 0 aliphatic carbocycles. The molecular formula is C9H14N2O4S. The second kappa shape index (κ2) is 5.86. The van der Waals surface area contributed by atoms with Crippen LogP contribution in [0.5, 0.6) is 0 Å². The van der Waals surface area contributed by atoms with Crippen molar-refractivity contribution in [2.75, 3.05) is 0 Å². The maximum Gasteiger partial charge on any atom is 0.321 e. The highest BCUT2D eigenvalue weighted by Crippen LogP contribution is 2.13. The Morgan fingerprint density at radius 2 is 2.38 bits per heavy atom. The summed E-state index contributed by atoms with van der Waals surface area (Å²) in [4.78, 5) is 33.1. The summed E-state index contributed by atoms with van der Waals surface area (Å²) in [5, 5.41) is 11.0. The van der Waals surface area contributed by atoms with Gasteiger partial charge in [0.2, 0.25) is 11.0 Å². The van der Waals surface area contributed by atoms with Gasteiger partial charge in [0.1, 0.15) is 6.04 Å². The monoisotopic (exact) mass is 246 g/mol. The van der Waals surface area contributed by atoms with Gasteiger partial charge in [-0.05, 0) is 24.8 Å². The van der Waals surface area contributed by atoms with Crippen molar-refractivity contribution in [2.24, 2.45) is 0 Å². The Morgan fingerprint density at radius 1 is 1.69 bits per heavy atom. The Bertz CT molecular complexity index is 308. The van der Waals surface area contributed by atoms with Crippen LogP contribution in [0, 0.1) is 0 Å². The summed E-state index contributed by atoms with van der Waals surface area (Å²) in [6, 6.07) is -1.23. The average Bonchev–Trinajstić information content (AvgIpc) is 2.65. The van der Waals surface area contributed by atoms with E-state index in [0.29, 0.717) is 19.3 Å². The van der Waals surface area contributed by atoms with E-state index < -0.39 is 18.1 Å². The molecular weight excluding hydrogens is 232 g/mol. The van der Waals surface area contributed by atoms with Crippen LogP contribution < -0.4 is 10.0 Å². The quantitative estimate of drug-likeness (QED) is 0.586. The van der Waals surface area contributed by atoms with E-state index in [9.17, 15) is 14.4 Å². The van der Waals surface area contributed by atoms with Crippen molar-refractivity contribution in [3.63, 3.8) is 0 Å². The van der Waals surface area contributed by atoms with Gasteiger partial charge in [-0.1, -0.05) is 6.92 Å². The highest BCUT2D eigenvalue weighted by atomic mass is 32.2. The Morgan fingerprint density at radius 3 is 2.81 bits per heavy atom. The van der Waals surface area contributed by atoms with E-state index in [0.717, 1.165) is 11.9 Å². The number of rotatable bonds is 5. The van der Waals surface area contributed by atoms with Crippen LogP contribution in [-0.4, -0.2) is 34.2 Å². The molecule has 1 rings (SSSR count). The average molecular weight is 246 g/mol. The summed E-state index contributed by atoms with van der Waals surface area (Å²) in [7, 11) is 0. The highest BCUT2D eigenvalue weighted by Gasteiger charge is 2.28. The lowest BCUT2D eigenvalue weighted by atomic mass is 10.2. The van der Waals surface area contributed by atoms with E-state index in [4.69, 9.17) is 5.11 Å². The molecule has 6 nitrogen and oxygen atoms in total. The molecule has 2 atom stereocenters. The van der Waals surface area contributed by atoms with Gasteiger partial charge in [0.15, 0.2) is 0 Å². The minimum atomic E-state index is -0.988. The number of amides is 1. The molecule has 0 spiro atoms. The van der Waals surface area contributed by atoms with Gasteiger partial charge in [-0.2, -0.15) is 0 Å². The fourth-order valence-electron chi connectivity index (χ4n) is 1.30. The van der Waals surface area contributed by atoms with E-state index in [1.807, 2.05) is 0 Å². The van der Waals surface area contributed by atoms with E-state index in [1.165, 1.54) is 0 Å². The maximum atomic E-state index is 11.5. The van der Waals surface area contributed by atoms with Gasteiger partial charge in [-0.25, -0.2) is 4.72 Å². The van der Waals surface area contributed by atoms with Gasteiger partial charge in [0.05, 0.1) is 6.04 Å². The first kappa shape index (κ1) is 13.0. The molecule has 3 N–H and O–H groups in total. The van der Waals surface area contributed by atoms with Crippen LogP contribution in [0.3, 0.4) is 0 Å². The second-order valence-corrected chi connectivity index (χ2v) is 4.34. The van der Waals surface area contributed by atoms with Crippen molar-refractivity contribution in [3.05, 3.63) is 0 Å². The number of hydrogen-bond donors (Lipinski definition) is 3. The molecule has 1 fully saturated rings. The summed E-state index contributed by atoms with van der Waals surface area (Å²) < 4.78 is 2.58. The van der Waals surface area contributed by atoms with Crippen LogP contribution in [0.15, 0.2) is 0 Å². The topological polar surface area (TPSA) is 95.5 Å². The molecule has 1 amide bonds. The third-order valence-electron chi connectivity index (χ3n) is 2.29. The zero-order chi connectivity index (χ0) is 12.1. The number of carboxylic acids is 1. The van der Waals surface area contributed by atoms with Crippen LogP contribution in [0.25, 0.3) is 0 Å². The van der Waals surface area contributed by atoms with Gasteiger partial charge in [0, 0.05) is 6.42 Å². The summed E-state index contributed by atoms with van der Waals surface area (Å²) in [5.74, 6) is -1.12. The molecule has 1 heterocycles. The third kappa shape index (κ3) is 3.49. The summed E-state index contributed by atoms with van der Waals surface area (Å²) in [6.07, 6.45) is 1.23. The van der Waals surface area contributed by atoms with Gasteiger partial charge in [0.25, 0.3) is 0 Å². The standard InChI is InChI=1S/C9H14N2O4S/c1-2-5(8(13)14)11-16-9(15)6-3-4-7(12)10-6/h5-6,11H,2-4H2,1H3,(H,10,12)(H,13,14)/t5-,6-/m0/s1. The van der Waals surface area contributed by atoms with E-state index >= 15 is 0 Å². The first-order chi connectivity index (χ1) is 7.54. The SMILES string of the molecule is CC[C@H](NSC(=O)[C@@H]1CCC(=O)N1)C(=O)O. The summed E-state index contributed by atoms with van der Waals surface area (Å²) >= 11 is 0.752. The smallest absolute Gasteiger partial charge is 0.321 e. The molecule has 1 aliphatic heterocycles. The Kier molecular flexibility index (Phi) is 4.75. The van der Waals surface area contributed by atoms with E-state index in [-0.39, 0.29) is 11.0 Å². The van der Waals surface area contributed by atoms with Crippen molar-refractivity contribution in [1.29, 1.82) is 0 Å². The van der Waals surface area contributed by atoms with Crippen LogP contribution in [0.1, 0.15) is 26.2 Å².